The number of hydrogen-bond donors (Lipinski definition) is 1. The summed E-state index contributed by atoms with van der Waals surface area (Å²) in [7, 11) is 2.12. The fraction of sp³-hybridized carbons (Fsp3) is 0.750. The van der Waals surface area contributed by atoms with Crippen molar-refractivity contribution in [3.05, 3.63) is 16.1 Å². The Morgan fingerprint density at radius 3 is 2.67 bits per heavy atom. The average molecular weight is 393 g/mol. The largest absolute Gasteiger partial charge is 0.353 e. The van der Waals surface area contributed by atoms with Gasteiger partial charge in [0, 0.05) is 43.4 Å². The summed E-state index contributed by atoms with van der Waals surface area (Å²) in [6.45, 7) is 5.76. The van der Waals surface area contributed by atoms with Gasteiger partial charge in [0.2, 0.25) is 11.8 Å². The van der Waals surface area contributed by atoms with Crippen molar-refractivity contribution in [2.24, 2.45) is 5.92 Å². The molecule has 1 aliphatic heterocycles. The molecular formula is C20H32N4O2S. The molecule has 0 unspecified atom stereocenters. The predicted molar refractivity (Wildman–Crippen MR) is 108 cm³/mol. The van der Waals surface area contributed by atoms with E-state index in [0.29, 0.717) is 18.7 Å². The van der Waals surface area contributed by atoms with Crippen molar-refractivity contribution in [3.8, 4) is 0 Å². The van der Waals surface area contributed by atoms with E-state index in [0.717, 1.165) is 69.0 Å². The maximum Gasteiger partial charge on any atom is 0.225 e. The Bertz CT molecular complexity index is 640. The summed E-state index contributed by atoms with van der Waals surface area (Å²) in [5, 5.41) is 6.23. The van der Waals surface area contributed by atoms with Gasteiger partial charge in [0.1, 0.15) is 0 Å². The first kappa shape index (κ1) is 20.3. The molecular weight excluding hydrogens is 360 g/mol. The Morgan fingerprint density at radius 2 is 1.96 bits per heavy atom. The molecule has 150 valence electrons. The molecule has 1 aromatic heterocycles. The number of nitrogens with one attached hydrogen (secondary N) is 1. The van der Waals surface area contributed by atoms with Gasteiger partial charge in [-0.15, -0.1) is 11.3 Å². The molecule has 7 heteroatoms. The van der Waals surface area contributed by atoms with Crippen molar-refractivity contribution in [1.82, 2.24) is 20.1 Å². The van der Waals surface area contributed by atoms with E-state index in [1.165, 1.54) is 0 Å². The van der Waals surface area contributed by atoms with Crippen molar-refractivity contribution in [1.29, 1.82) is 0 Å². The van der Waals surface area contributed by atoms with Gasteiger partial charge in [-0.25, -0.2) is 4.98 Å². The minimum Gasteiger partial charge on any atom is -0.353 e. The number of hydrogen-bond acceptors (Lipinski definition) is 5. The van der Waals surface area contributed by atoms with E-state index < -0.39 is 0 Å². The number of nitrogens with zero attached hydrogens (tertiary/aromatic N) is 3. The monoisotopic (exact) mass is 392 g/mol. The van der Waals surface area contributed by atoms with E-state index in [-0.39, 0.29) is 17.9 Å². The van der Waals surface area contributed by atoms with Crippen LogP contribution in [0.15, 0.2) is 5.38 Å². The van der Waals surface area contributed by atoms with Crippen LogP contribution in [-0.2, 0) is 16.0 Å². The van der Waals surface area contributed by atoms with E-state index in [4.69, 9.17) is 0 Å². The molecule has 2 heterocycles. The van der Waals surface area contributed by atoms with Gasteiger partial charge in [0.15, 0.2) is 0 Å². The van der Waals surface area contributed by atoms with Crippen LogP contribution < -0.4 is 5.32 Å². The highest BCUT2D eigenvalue weighted by Crippen LogP contribution is 2.26. The predicted octanol–water partition coefficient (Wildman–Crippen LogP) is 2.22. The Balaban J connectivity index is 1.38. The maximum absolute atomic E-state index is 12.8. The highest BCUT2D eigenvalue weighted by molar-refractivity contribution is 7.09. The van der Waals surface area contributed by atoms with Gasteiger partial charge in [0.25, 0.3) is 0 Å². The number of aromatic nitrogens is 1. The van der Waals surface area contributed by atoms with Crippen LogP contribution in [-0.4, -0.2) is 65.9 Å². The van der Waals surface area contributed by atoms with Gasteiger partial charge in [0.05, 0.1) is 10.7 Å². The van der Waals surface area contributed by atoms with Gasteiger partial charge in [-0.2, -0.15) is 0 Å². The molecule has 0 bridgehead atoms. The summed E-state index contributed by atoms with van der Waals surface area (Å²) >= 11 is 1.63. The third-order valence-corrected chi connectivity index (χ3v) is 6.57. The SMILES string of the molecule is Cc1nc(CCC(=O)NC2CCC(C(=O)N3CCCN(C)CC3)CC2)cs1. The smallest absolute Gasteiger partial charge is 0.225 e. The van der Waals surface area contributed by atoms with Crippen LogP contribution in [0.5, 0.6) is 0 Å². The molecule has 1 saturated carbocycles. The molecule has 27 heavy (non-hydrogen) atoms. The number of carbonyl (C=O) groups excluding carboxylic acids is 2. The lowest BCUT2D eigenvalue weighted by Gasteiger charge is -2.32. The second-order valence-corrected chi connectivity index (χ2v) is 9.02. The molecule has 2 aliphatic rings. The Labute approximate surface area is 166 Å². The van der Waals surface area contributed by atoms with Crippen molar-refractivity contribution in [2.75, 3.05) is 33.2 Å². The number of thiazole rings is 1. The van der Waals surface area contributed by atoms with E-state index in [9.17, 15) is 9.59 Å². The summed E-state index contributed by atoms with van der Waals surface area (Å²) in [6, 6.07) is 0.217. The lowest BCUT2D eigenvalue weighted by atomic mass is 9.85. The Hall–Kier alpha value is -1.47. The Morgan fingerprint density at radius 1 is 1.19 bits per heavy atom. The van der Waals surface area contributed by atoms with Gasteiger partial charge in [-0.3, -0.25) is 9.59 Å². The maximum atomic E-state index is 12.8. The van der Waals surface area contributed by atoms with Gasteiger partial charge < -0.3 is 15.1 Å². The number of aryl methyl sites for hydroxylation is 2. The highest BCUT2D eigenvalue weighted by Gasteiger charge is 2.30. The fourth-order valence-electron chi connectivity index (χ4n) is 4.07. The second kappa shape index (κ2) is 9.64. The van der Waals surface area contributed by atoms with Gasteiger partial charge in [-0.05, 0) is 59.0 Å². The summed E-state index contributed by atoms with van der Waals surface area (Å²) < 4.78 is 0. The summed E-state index contributed by atoms with van der Waals surface area (Å²) in [5.41, 5.74) is 1.00. The number of carbonyl (C=O) groups is 2. The first-order valence-electron chi connectivity index (χ1n) is 10.2. The molecule has 1 saturated heterocycles. The van der Waals surface area contributed by atoms with Crippen molar-refractivity contribution >= 4 is 23.2 Å². The van der Waals surface area contributed by atoms with Crippen LogP contribution in [0.1, 0.15) is 49.2 Å². The van der Waals surface area contributed by atoms with Gasteiger partial charge >= 0.3 is 0 Å². The molecule has 1 aliphatic carbocycles. The topological polar surface area (TPSA) is 65.5 Å². The summed E-state index contributed by atoms with van der Waals surface area (Å²) in [5.74, 6) is 0.569. The fourth-order valence-corrected chi connectivity index (χ4v) is 4.72. The minimum atomic E-state index is 0.103. The molecule has 2 fully saturated rings. The molecule has 0 atom stereocenters. The normalized spacial score (nSPS) is 24.4. The zero-order chi connectivity index (χ0) is 19.2. The van der Waals surface area contributed by atoms with Gasteiger partial charge in [-0.1, -0.05) is 0 Å². The van der Waals surface area contributed by atoms with E-state index in [1.807, 2.05) is 12.3 Å². The molecule has 0 radical (unpaired) electrons. The van der Waals surface area contributed by atoms with Crippen LogP contribution in [0.4, 0.5) is 0 Å². The van der Waals surface area contributed by atoms with E-state index in [2.05, 4.69) is 27.1 Å². The first-order chi connectivity index (χ1) is 13.0. The number of rotatable bonds is 5. The minimum absolute atomic E-state index is 0.103. The molecule has 6 nitrogen and oxygen atoms in total. The molecule has 1 N–H and O–H groups in total. The lowest BCUT2D eigenvalue weighted by molar-refractivity contribution is -0.136. The standard InChI is InChI=1S/C20H32N4O2S/c1-15-21-18(14-27-15)8-9-19(25)22-17-6-4-16(5-7-17)20(26)24-11-3-10-23(2)12-13-24/h14,16-17H,3-13H2,1-2H3,(H,22,25). The van der Waals surface area contributed by atoms with Crippen LogP contribution in [0.3, 0.4) is 0 Å². The third-order valence-electron chi connectivity index (χ3n) is 5.75. The van der Waals surface area contributed by atoms with Crippen LogP contribution in [0, 0.1) is 12.8 Å². The Kier molecular flexibility index (Phi) is 7.24. The zero-order valence-corrected chi connectivity index (χ0v) is 17.4. The van der Waals surface area contributed by atoms with Crippen LogP contribution >= 0.6 is 11.3 Å². The first-order valence-corrected chi connectivity index (χ1v) is 11.1. The van der Waals surface area contributed by atoms with E-state index in [1.54, 1.807) is 11.3 Å². The van der Waals surface area contributed by atoms with Crippen molar-refractivity contribution in [2.45, 2.75) is 57.9 Å². The van der Waals surface area contributed by atoms with E-state index >= 15 is 0 Å². The molecule has 0 spiro atoms. The quantitative estimate of drug-likeness (QED) is 0.834. The molecule has 0 aromatic carbocycles. The molecule has 3 rings (SSSR count). The van der Waals surface area contributed by atoms with Crippen molar-refractivity contribution in [3.63, 3.8) is 0 Å². The lowest BCUT2D eigenvalue weighted by Crippen LogP contribution is -2.43. The van der Waals surface area contributed by atoms with Crippen molar-refractivity contribution < 1.29 is 9.59 Å². The number of likely N-dealkylation sites (N-methyl/N-ethyl adjacent to an activating group) is 1. The third kappa shape index (κ3) is 6.01. The highest BCUT2D eigenvalue weighted by atomic mass is 32.1. The summed E-state index contributed by atoms with van der Waals surface area (Å²) in [6.07, 6.45) is 5.85. The summed E-state index contributed by atoms with van der Waals surface area (Å²) in [4.78, 5) is 33.8. The average Bonchev–Trinajstić information content (AvgIpc) is 2.95. The molecule has 1 aromatic rings. The number of amides is 2. The second-order valence-electron chi connectivity index (χ2n) is 7.96. The van der Waals surface area contributed by atoms with Crippen LogP contribution in [0.2, 0.25) is 0 Å². The molecule has 2 amide bonds. The zero-order valence-electron chi connectivity index (χ0n) is 16.6. The van der Waals surface area contributed by atoms with Crippen LogP contribution in [0.25, 0.3) is 0 Å².